The minimum absolute atomic E-state index is 0.0646. The highest BCUT2D eigenvalue weighted by atomic mass is 35.5. The Morgan fingerprint density at radius 1 is 1.07 bits per heavy atom. The van der Waals surface area contributed by atoms with Crippen LogP contribution < -0.4 is 4.74 Å². The van der Waals surface area contributed by atoms with E-state index < -0.39 is 10.0 Å². The molecule has 0 radical (unpaired) electrons. The topological polar surface area (TPSA) is 66.9 Å². The molecule has 0 spiro atoms. The van der Waals surface area contributed by atoms with Crippen molar-refractivity contribution in [3.8, 4) is 5.75 Å². The van der Waals surface area contributed by atoms with Crippen LogP contribution >= 0.6 is 11.6 Å². The number of para-hydroxylation sites is 1. The monoisotopic (exact) mass is 438 g/mol. The van der Waals surface area contributed by atoms with Gasteiger partial charge in [-0.2, -0.15) is 4.31 Å². The fourth-order valence-corrected chi connectivity index (χ4v) is 4.54. The molecule has 2 aromatic carbocycles. The molecular weight excluding hydrogens is 412 g/mol. The summed E-state index contributed by atoms with van der Waals surface area (Å²) < 4.78 is 32.4. The van der Waals surface area contributed by atoms with Gasteiger partial charge in [0.25, 0.3) is 5.91 Å². The van der Waals surface area contributed by atoms with Crippen molar-refractivity contribution < 1.29 is 17.9 Å². The van der Waals surface area contributed by atoms with E-state index in [4.69, 9.17) is 16.3 Å². The first-order chi connectivity index (χ1) is 13.8. The van der Waals surface area contributed by atoms with Crippen molar-refractivity contribution in [3.05, 3.63) is 59.1 Å². The number of halogens is 1. The molecule has 2 aromatic rings. The maximum atomic E-state index is 12.8. The molecule has 0 atom stereocenters. The molecule has 8 heteroatoms. The van der Waals surface area contributed by atoms with Gasteiger partial charge in [-0.05, 0) is 36.8 Å². The predicted octanol–water partition coefficient (Wildman–Crippen LogP) is 3.91. The number of hydrogen-bond acceptors (Lipinski definition) is 4. The largest absolute Gasteiger partial charge is 0.494 e. The van der Waals surface area contributed by atoms with Gasteiger partial charge >= 0.3 is 0 Å². The highest BCUT2D eigenvalue weighted by Gasteiger charge is 2.24. The number of carbonyl (C=O) groups is 1. The van der Waals surface area contributed by atoms with Crippen LogP contribution in [0.2, 0.25) is 5.02 Å². The summed E-state index contributed by atoms with van der Waals surface area (Å²) in [5.41, 5.74) is 0.173. The SMILES string of the molecule is CCN(CC)S(=O)(=O)c1ccc(Cl)c(C(=O)N(C)CCCOc2ccccc2)c1. The lowest BCUT2D eigenvalue weighted by Gasteiger charge is -2.21. The molecule has 0 aromatic heterocycles. The summed E-state index contributed by atoms with van der Waals surface area (Å²) in [6.45, 7) is 5.17. The zero-order valence-electron chi connectivity index (χ0n) is 17.0. The Hall–Kier alpha value is -2.09. The standard InChI is InChI=1S/C21H27ClN2O4S/c1-4-24(5-2)29(26,27)18-12-13-20(22)19(16-18)21(25)23(3)14-9-15-28-17-10-7-6-8-11-17/h6-8,10-13,16H,4-5,9,14-15H2,1-3H3. The number of carbonyl (C=O) groups excluding carboxylic acids is 1. The maximum absolute atomic E-state index is 12.8. The van der Waals surface area contributed by atoms with Gasteiger partial charge in [-0.25, -0.2) is 8.42 Å². The molecule has 29 heavy (non-hydrogen) atoms. The number of benzene rings is 2. The van der Waals surface area contributed by atoms with Gasteiger partial charge < -0.3 is 9.64 Å². The van der Waals surface area contributed by atoms with Crippen molar-refractivity contribution in [2.45, 2.75) is 25.2 Å². The van der Waals surface area contributed by atoms with Crippen LogP contribution in [0.5, 0.6) is 5.75 Å². The van der Waals surface area contributed by atoms with Crippen LogP contribution in [-0.4, -0.2) is 56.8 Å². The molecule has 0 aliphatic carbocycles. The third-order valence-corrected chi connectivity index (χ3v) is 6.88. The zero-order chi connectivity index (χ0) is 21.4. The Morgan fingerprint density at radius 2 is 1.72 bits per heavy atom. The third kappa shape index (κ3) is 5.95. The van der Waals surface area contributed by atoms with E-state index in [1.54, 1.807) is 20.9 Å². The van der Waals surface area contributed by atoms with Gasteiger partial charge in [-0.3, -0.25) is 4.79 Å². The molecular formula is C21H27ClN2O4S. The first kappa shape index (κ1) is 23.2. The van der Waals surface area contributed by atoms with Gasteiger partial charge in [0.1, 0.15) is 5.75 Å². The number of hydrogen-bond donors (Lipinski definition) is 0. The van der Waals surface area contributed by atoms with Crippen molar-refractivity contribution in [1.82, 2.24) is 9.21 Å². The Labute approximate surface area is 178 Å². The van der Waals surface area contributed by atoms with Crippen molar-refractivity contribution in [2.75, 3.05) is 33.3 Å². The third-order valence-electron chi connectivity index (χ3n) is 4.51. The van der Waals surface area contributed by atoms with E-state index in [1.165, 1.54) is 27.4 Å². The Balaban J connectivity index is 2.05. The molecule has 0 bridgehead atoms. The van der Waals surface area contributed by atoms with Crippen molar-refractivity contribution in [2.24, 2.45) is 0 Å². The molecule has 0 aliphatic heterocycles. The quantitative estimate of drug-likeness (QED) is 0.527. The molecule has 0 fully saturated rings. The number of ether oxygens (including phenoxy) is 1. The summed E-state index contributed by atoms with van der Waals surface area (Å²) in [7, 11) is -2.01. The van der Waals surface area contributed by atoms with E-state index in [1.807, 2.05) is 30.3 Å². The fraction of sp³-hybridized carbons (Fsp3) is 0.381. The van der Waals surface area contributed by atoms with Crippen LogP contribution in [0.1, 0.15) is 30.6 Å². The van der Waals surface area contributed by atoms with Gasteiger partial charge in [0.2, 0.25) is 10.0 Å². The summed E-state index contributed by atoms with van der Waals surface area (Å²) in [6, 6.07) is 13.7. The van der Waals surface area contributed by atoms with Crippen LogP contribution in [0.3, 0.4) is 0 Å². The first-order valence-electron chi connectivity index (χ1n) is 9.54. The van der Waals surface area contributed by atoms with E-state index in [-0.39, 0.29) is 21.4 Å². The molecule has 1 amide bonds. The minimum Gasteiger partial charge on any atom is -0.494 e. The van der Waals surface area contributed by atoms with Crippen molar-refractivity contribution >= 4 is 27.5 Å². The average molecular weight is 439 g/mol. The molecule has 0 heterocycles. The lowest BCUT2D eigenvalue weighted by atomic mass is 10.2. The summed E-state index contributed by atoms with van der Waals surface area (Å²) in [5, 5.41) is 0.223. The van der Waals surface area contributed by atoms with Crippen LogP contribution in [-0.2, 0) is 10.0 Å². The van der Waals surface area contributed by atoms with Crippen LogP contribution in [0, 0.1) is 0 Å². The maximum Gasteiger partial charge on any atom is 0.255 e. The predicted molar refractivity (Wildman–Crippen MR) is 115 cm³/mol. The number of rotatable bonds is 10. The molecule has 0 unspecified atom stereocenters. The van der Waals surface area contributed by atoms with Gasteiger partial charge in [-0.1, -0.05) is 43.6 Å². The summed E-state index contributed by atoms with van der Waals surface area (Å²) >= 11 is 6.19. The molecule has 2 rings (SSSR count). The van der Waals surface area contributed by atoms with E-state index in [9.17, 15) is 13.2 Å². The van der Waals surface area contributed by atoms with Gasteiger partial charge in [0, 0.05) is 26.7 Å². The second-order valence-electron chi connectivity index (χ2n) is 6.47. The van der Waals surface area contributed by atoms with E-state index in [0.29, 0.717) is 32.7 Å². The summed E-state index contributed by atoms with van der Waals surface area (Å²) in [6.07, 6.45) is 0.631. The highest BCUT2D eigenvalue weighted by molar-refractivity contribution is 7.89. The van der Waals surface area contributed by atoms with Crippen LogP contribution in [0.15, 0.2) is 53.4 Å². The second-order valence-corrected chi connectivity index (χ2v) is 8.82. The molecule has 0 saturated carbocycles. The van der Waals surface area contributed by atoms with Gasteiger partial charge in [0.15, 0.2) is 0 Å². The number of sulfonamides is 1. The van der Waals surface area contributed by atoms with Crippen molar-refractivity contribution in [3.63, 3.8) is 0 Å². The second kappa shape index (κ2) is 10.6. The molecule has 6 nitrogen and oxygen atoms in total. The van der Waals surface area contributed by atoms with E-state index in [0.717, 1.165) is 5.75 Å². The van der Waals surface area contributed by atoms with E-state index >= 15 is 0 Å². The molecule has 158 valence electrons. The summed E-state index contributed by atoms with van der Waals surface area (Å²) in [4.78, 5) is 14.4. The fourth-order valence-electron chi connectivity index (χ4n) is 2.86. The smallest absolute Gasteiger partial charge is 0.255 e. The van der Waals surface area contributed by atoms with Crippen LogP contribution in [0.4, 0.5) is 0 Å². The Kier molecular flexibility index (Phi) is 8.49. The first-order valence-corrected chi connectivity index (χ1v) is 11.4. The highest BCUT2D eigenvalue weighted by Crippen LogP contribution is 2.24. The van der Waals surface area contributed by atoms with Crippen molar-refractivity contribution in [1.29, 1.82) is 0 Å². The summed E-state index contributed by atoms with van der Waals surface area (Å²) in [5.74, 6) is 0.449. The Bertz CT molecular complexity index is 916. The zero-order valence-corrected chi connectivity index (χ0v) is 18.5. The number of amides is 1. The van der Waals surface area contributed by atoms with Crippen LogP contribution in [0.25, 0.3) is 0 Å². The average Bonchev–Trinajstić information content (AvgIpc) is 2.72. The number of nitrogens with zero attached hydrogens (tertiary/aromatic N) is 2. The Morgan fingerprint density at radius 3 is 2.34 bits per heavy atom. The van der Waals surface area contributed by atoms with E-state index in [2.05, 4.69) is 0 Å². The van der Waals surface area contributed by atoms with Gasteiger partial charge in [0.05, 0.1) is 22.1 Å². The molecule has 0 N–H and O–H groups in total. The lowest BCUT2D eigenvalue weighted by Crippen LogP contribution is -2.31. The molecule has 0 aliphatic rings. The minimum atomic E-state index is -3.67. The lowest BCUT2D eigenvalue weighted by molar-refractivity contribution is 0.0788. The molecule has 0 saturated heterocycles. The normalized spacial score (nSPS) is 11.5. The van der Waals surface area contributed by atoms with Gasteiger partial charge in [-0.15, -0.1) is 0 Å².